The highest BCUT2D eigenvalue weighted by Gasteiger charge is 2.35. The average molecular weight is 293 g/mol. The van der Waals surface area contributed by atoms with Gasteiger partial charge in [-0.3, -0.25) is 9.69 Å². The highest BCUT2D eigenvalue weighted by molar-refractivity contribution is 5.85. The van der Waals surface area contributed by atoms with Crippen molar-refractivity contribution < 1.29 is 9.18 Å². The topological polar surface area (TPSA) is 44.4 Å². The van der Waals surface area contributed by atoms with Gasteiger partial charge in [0, 0.05) is 31.7 Å². The summed E-state index contributed by atoms with van der Waals surface area (Å²) in [6.07, 6.45) is 0. The van der Waals surface area contributed by atoms with Crippen molar-refractivity contribution in [3.05, 3.63) is 35.6 Å². The molecule has 1 heterocycles. The molecule has 1 aliphatic rings. The standard InChI is InChI=1S/C16H24FN3O/c1-12(13-6-4-5-7-14(13)17)19-15(21)16(2,3)20-10-8-18-9-11-20/h4-7,12,18H,8-11H2,1-3H3,(H,19,21)/t12-/m1/s1. The van der Waals surface area contributed by atoms with E-state index in [1.165, 1.54) is 6.07 Å². The van der Waals surface area contributed by atoms with Crippen LogP contribution in [0.1, 0.15) is 32.4 Å². The Hall–Kier alpha value is -1.46. The molecule has 1 aromatic carbocycles. The summed E-state index contributed by atoms with van der Waals surface area (Å²) in [6.45, 7) is 9.11. The molecule has 0 saturated carbocycles. The van der Waals surface area contributed by atoms with Gasteiger partial charge in [-0.25, -0.2) is 4.39 Å². The summed E-state index contributed by atoms with van der Waals surface area (Å²) < 4.78 is 13.8. The van der Waals surface area contributed by atoms with Crippen molar-refractivity contribution in [3.63, 3.8) is 0 Å². The molecule has 1 aliphatic heterocycles. The van der Waals surface area contributed by atoms with Crippen LogP contribution in [0.5, 0.6) is 0 Å². The maximum absolute atomic E-state index is 13.8. The Morgan fingerprint density at radius 1 is 1.33 bits per heavy atom. The SMILES string of the molecule is C[C@@H](NC(=O)C(C)(C)N1CCNCC1)c1ccccc1F. The van der Waals surface area contributed by atoms with Crippen LogP contribution < -0.4 is 10.6 Å². The summed E-state index contributed by atoms with van der Waals surface area (Å²) in [4.78, 5) is 14.7. The van der Waals surface area contributed by atoms with Crippen molar-refractivity contribution in [1.29, 1.82) is 0 Å². The van der Waals surface area contributed by atoms with Crippen LogP contribution >= 0.6 is 0 Å². The minimum atomic E-state index is -0.596. The quantitative estimate of drug-likeness (QED) is 0.888. The first-order chi connectivity index (χ1) is 9.93. The molecule has 1 aromatic rings. The van der Waals surface area contributed by atoms with E-state index in [-0.39, 0.29) is 17.8 Å². The average Bonchev–Trinajstić information content (AvgIpc) is 2.48. The second-order valence-corrected chi connectivity index (χ2v) is 6.01. The maximum Gasteiger partial charge on any atom is 0.240 e. The van der Waals surface area contributed by atoms with Crippen molar-refractivity contribution in [3.8, 4) is 0 Å². The van der Waals surface area contributed by atoms with Crippen molar-refractivity contribution in [1.82, 2.24) is 15.5 Å². The number of rotatable bonds is 4. The zero-order valence-corrected chi connectivity index (χ0v) is 12.9. The minimum absolute atomic E-state index is 0.0693. The van der Waals surface area contributed by atoms with Gasteiger partial charge in [-0.2, -0.15) is 0 Å². The lowest BCUT2D eigenvalue weighted by Crippen LogP contribution is -2.60. The van der Waals surface area contributed by atoms with E-state index in [4.69, 9.17) is 0 Å². The fourth-order valence-electron chi connectivity index (χ4n) is 2.64. The number of carbonyl (C=O) groups is 1. The van der Waals surface area contributed by atoms with Gasteiger partial charge >= 0.3 is 0 Å². The minimum Gasteiger partial charge on any atom is -0.348 e. The van der Waals surface area contributed by atoms with E-state index in [0.717, 1.165) is 26.2 Å². The number of benzene rings is 1. The Labute approximate surface area is 125 Å². The summed E-state index contributed by atoms with van der Waals surface area (Å²) in [7, 11) is 0. The Balaban J connectivity index is 2.04. The predicted octanol–water partition coefficient (Wildman–Crippen LogP) is 1.69. The molecule has 0 aliphatic carbocycles. The van der Waals surface area contributed by atoms with Gasteiger partial charge in [0.05, 0.1) is 11.6 Å². The highest BCUT2D eigenvalue weighted by atomic mass is 19.1. The molecule has 1 amide bonds. The molecule has 0 unspecified atom stereocenters. The Bertz CT molecular complexity index is 498. The predicted molar refractivity (Wildman–Crippen MR) is 81.5 cm³/mol. The second-order valence-electron chi connectivity index (χ2n) is 6.01. The largest absolute Gasteiger partial charge is 0.348 e. The highest BCUT2D eigenvalue weighted by Crippen LogP contribution is 2.20. The lowest BCUT2D eigenvalue weighted by molar-refractivity contribution is -0.132. The molecule has 0 radical (unpaired) electrons. The molecule has 0 bridgehead atoms. The molecule has 1 fully saturated rings. The van der Waals surface area contributed by atoms with E-state index >= 15 is 0 Å². The molecule has 2 N–H and O–H groups in total. The van der Waals surface area contributed by atoms with Gasteiger partial charge in [0.15, 0.2) is 0 Å². The molecule has 116 valence electrons. The molecular weight excluding hydrogens is 269 g/mol. The second kappa shape index (κ2) is 6.54. The summed E-state index contributed by atoms with van der Waals surface area (Å²) in [5, 5.41) is 6.21. The van der Waals surface area contributed by atoms with Crippen molar-refractivity contribution in [2.75, 3.05) is 26.2 Å². The molecule has 4 nitrogen and oxygen atoms in total. The Morgan fingerprint density at radius 3 is 2.57 bits per heavy atom. The number of hydrogen-bond acceptors (Lipinski definition) is 3. The molecule has 21 heavy (non-hydrogen) atoms. The third kappa shape index (κ3) is 3.60. The maximum atomic E-state index is 13.8. The number of hydrogen-bond donors (Lipinski definition) is 2. The first kappa shape index (κ1) is 15.9. The van der Waals surface area contributed by atoms with Crippen molar-refractivity contribution >= 4 is 5.91 Å². The zero-order chi connectivity index (χ0) is 15.5. The van der Waals surface area contributed by atoms with E-state index in [9.17, 15) is 9.18 Å². The van der Waals surface area contributed by atoms with Crippen molar-refractivity contribution in [2.24, 2.45) is 0 Å². The molecule has 5 heteroatoms. The van der Waals surface area contributed by atoms with E-state index in [1.54, 1.807) is 18.2 Å². The fraction of sp³-hybridized carbons (Fsp3) is 0.562. The van der Waals surface area contributed by atoms with Crippen LogP contribution in [-0.2, 0) is 4.79 Å². The first-order valence-electron chi connectivity index (χ1n) is 7.44. The van der Waals surface area contributed by atoms with Crippen LogP contribution in [0.25, 0.3) is 0 Å². The van der Waals surface area contributed by atoms with E-state index < -0.39 is 5.54 Å². The number of amides is 1. The smallest absolute Gasteiger partial charge is 0.240 e. The Kier molecular flexibility index (Phi) is 4.96. The van der Waals surface area contributed by atoms with Gasteiger partial charge in [-0.1, -0.05) is 18.2 Å². The monoisotopic (exact) mass is 293 g/mol. The van der Waals surface area contributed by atoms with Crippen LogP contribution in [0.15, 0.2) is 24.3 Å². The molecular formula is C16H24FN3O. The number of nitrogens with one attached hydrogen (secondary N) is 2. The summed E-state index contributed by atoms with van der Waals surface area (Å²) >= 11 is 0. The number of halogens is 1. The number of piperazine rings is 1. The van der Waals surface area contributed by atoms with Gasteiger partial charge in [0.25, 0.3) is 0 Å². The lowest BCUT2D eigenvalue weighted by Gasteiger charge is -2.40. The molecule has 2 rings (SSSR count). The van der Waals surface area contributed by atoms with Gasteiger partial charge in [0.2, 0.25) is 5.91 Å². The third-order valence-corrected chi connectivity index (χ3v) is 4.18. The third-order valence-electron chi connectivity index (χ3n) is 4.18. The van der Waals surface area contributed by atoms with Crippen molar-refractivity contribution in [2.45, 2.75) is 32.4 Å². The van der Waals surface area contributed by atoms with Gasteiger partial charge in [-0.05, 0) is 26.8 Å². The summed E-state index contributed by atoms with van der Waals surface area (Å²) in [6, 6.07) is 6.21. The van der Waals surface area contributed by atoms with Crippen LogP contribution in [0.3, 0.4) is 0 Å². The van der Waals surface area contributed by atoms with E-state index in [0.29, 0.717) is 5.56 Å². The molecule has 0 spiro atoms. The lowest BCUT2D eigenvalue weighted by atomic mass is 9.99. The van der Waals surface area contributed by atoms with E-state index in [2.05, 4.69) is 15.5 Å². The molecule has 1 saturated heterocycles. The van der Waals surface area contributed by atoms with Gasteiger partial charge in [-0.15, -0.1) is 0 Å². The first-order valence-corrected chi connectivity index (χ1v) is 7.44. The van der Waals surface area contributed by atoms with Crippen LogP contribution in [-0.4, -0.2) is 42.5 Å². The summed E-state index contributed by atoms with van der Waals surface area (Å²) in [5.41, 5.74) is -0.0799. The van der Waals surface area contributed by atoms with Crippen LogP contribution in [0, 0.1) is 5.82 Å². The van der Waals surface area contributed by atoms with Crippen LogP contribution in [0.2, 0.25) is 0 Å². The fourth-order valence-corrected chi connectivity index (χ4v) is 2.64. The number of carbonyl (C=O) groups excluding carboxylic acids is 1. The normalized spacial score (nSPS) is 18.3. The zero-order valence-electron chi connectivity index (χ0n) is 12.9. The van der Waals surface area contributed by atoms with Crippen LogP contribution in [0.4, 0.5) is 4.39 Å². The molecule has 0 aromatic heterocycles. The van der Waals surface area contributed by atoms with Gasteiger partial charge in [0.1, 0.15) is 5.82 Å². The Morgan fingerprint density at radius 2 is 1.95 bits per heavy atom. The number of nitrogens with zero attached hydrogens (tertiary/aromatic N) is 1. The van der Waals surface area contributed by atoms with Gasteiger partial charge < -0.3 is 10.6 Å². The summed E-state index contributed by atoms with van der Waals surface area (Å²) in [5.74, 6) is -0.356. The van der Waals surface area contributed by atoms with E-state index in [1.807, 2.05) is 20.8 Å². The molecule has 1 atom stereocenters.